The monoisotopic (exact) mass is 657 g/mol. The summed E-state index contributed by atoms with van der Waals surface area (Å²) in [5, 5.41) is 23.8. The van der Waals surface area contributed by atoms with Gasteiger partial charge >= 0.3 is 0 Å². The number of nitrogens with one attached hydrogen (secondary N) is 1. The molecule has 0 aliphatic carbocycles. The van der Waals surface area contributed by atoms with Crippen molar-refractivity contribution in [3.63, 3.8) is 0 Å². The van der Waals surface area contributed by atoms with Gasteiger partial charge in [0.2, 0.25) is 0 Å². The van der Waals surface area contributed by atoms with Gasteiger partial charge in [-0.2, -0.15) is 15.5 Å². The van der Waals surface area contributed by atoms with Gasteiger partial charge in [-0.15, -0.1) is 0 Å². The lowest BCUT2D eigenvalue weighted by molar-refractivity contribution is -0.132. The fourth-order valence-corrected chi connectivity index (χ4v) is 7.47. The third-order valence-electron chi connectivity index (χ3n) is 9.96. The van der Waals surface area contributed by atoms with Gasteiger partial charge in [0.05, 0.1) is 52.4 Å². The predicted octanol–water partition coefficient (Wildman–Crippen LogP) is 6.22. The molecule has 2 aromatic carbocycles. The first kappa shape index (κ1) is 31.0. The van der Waals surface area contributed by atoms with E-state index >= 15 is 4.39 Å². The lowest BCUT2D eigenvalue weighted by Gasteiger charge is -2.43. The molecule has 242 valence electrons. The van der Waals surface area contributed by atoms with Gasteiger partial charge in [-0.1, -0.05) is 18.2 Å². The Morgan fingerprint density at radius 2 is 1.96 bits per heavy atom. The Balaban J connectivity index is 1.44. The number of nitriles is 1. The summed E-state index contributed by atoms with van der Waals surface area (Å²) < 4.78 is 32.9. The van der Waals surface area contributed by atoms with Gasteiger partial charge in [0.25, 0.3) is 5.91 Å². The minimum Gasteiger partial charge on any atom is -0.353 e. The molecule has 7 rings (SSSR count). The summed E-state index contributed by atoms with van der Waals surface area (Å²) >= 11 is 7.02. The van der Waals surface area contributed by atoms with E-state index in [1.807, 2.05) is 38.7 Å². The molecule has 13 heteroatoms. The van der Waals surface area contributed by atoms with Gasteiger partial charge in [0.1, 0.15) is 11.3 Å². The quantitative estimate of drug-likeness (QED) is 0.216. The van der Waals surface area contributed by atoms with Crippen molar-refractivity contribution in [2.24, 2.45) is 0 Å². The van der Waals surface area contributed by atoms with Gasteiger partial charge in [-0.25, -0.2) is 13.8 Å². The molecule has 5 heterocycles. The number of aromatic amines is 1. The van der Waals surface area contributed by atoms with Crippen LogP contribution in [0.5, 0.6) is 0 Å². The van der Waals surface area contributed by atoms with E-state index in [0.29, 0.717) is 41.2 Å². The second-order valence-corrected chi connectivity index (χ2v) is 13.3. The number of H-pyrrole nitrogens is 1. The van der Waals surface area contributed by atoms with Gasteiger partial charge in [0.15, 0.2) is 11.6 Å². The van der Waals surface area contributed by atoms with Crippen LogP contribution in [0, 0.1) is 31.0 Å². The third kappa shape index (κ3) is 4.91. The molecule has 2 aliphatic heterocycles. The van der Waals surface area contributed by atoms with E-state index in [2.05, 4.69) is 32.6 Å². The summed E-state index contributed by atoms with van der Waals surface area (Å²) in [4.78, 5) is 23.2. The minimum absolute atomic E-state index is 0.0319. The van der Waals surface area contributed by atoms with Crippen LogP contribution >= 0.6 is 11.6 Å². The Morgan fingerprint density at radius 3 is 2.66 bits per heavy atom. The summed E-state index contributed by atoms with van der Waals surface area (Å²) in [5.74, 6) is -1.76. The van der Waals surface area contributed by atoms with Crippen molar-refractivity contribution in [3.05, 3.63) is 58.9 Å². The van der Waals surface area contributed by atoms with Crippen LogP contribution in [0.1, 0.15) is 36.4 Å². The molecular formula is C34H34ClF2N9O. The molecule has 0 radical (unpaired) electrons. The number of likely N-dealkylation sites (N-methyl/N-ethyl adjacent to an activating group) is 1. The zero-order chi connectivity index (χ0) is 33.3. The van der Waals surface area contributed by atoms with Crippen LogP contribution in [-0.2, 0) is 4.79 Å². The summed E-state index contributed by atoms with van der Waals surface area (Å²) in [6, 6.07) is 5.42. The highest BCUT2D eigenvalue weighted by Crippen LogP contribution is 2.45. The number of aryl methyl sites for hydroxylation is 1. The molecular weight excluding hydrogens is 624 g/mol. The SMILES string of the molecule is C=C(F)C(=O)N1CC[C@H](n2ncc3c(N4CC(N(C)C)C4)nc4c(F)c(-c5c(C)c(C)cc6[nH]ncc56)c(Cl)cc4c32)C[C@H]1CC#N. The standard InChI is InChI=1S/C34H34ClF2N9O/c1-17-10-27-24(13-39-42-27)28(18(17)2)29-26(35)12-23-31(30(29)37)41-33(44-15-22(16-44)43(4)5)25-14-40-46(32(23)25)21-7-9-45(34(47)19(3)36)20(11-21)6-8-38/h10,12-14,20-22H,3,6-7,9,11,15-16H2,1-2,4-5H3,(H,39,42)/t20-,21+/m1/s1. The largest absolute Gasteiger partial charge is 0.353 e. The fourth-order valence-electron chi connectivity index (χ4n) is 7.19. The van der Waals surface area contributed by atoms with Crippen LogP contribution in [-0.4, -0.2) is 86.5 Å². The molecule has 2 fully saturated rings. The van der Waals surface area contributed by atoms with Gasteiger partial charge in [-0.3, -0.25) is 14.6 Å². The number of hydrogen-bond acceptors (Lipinski definition) is 7. The van der Waals surface area contributed by atoms with Gasteiger partial charge in [-0.05, 0) is 64.0 Å². The number of amides is 1. The van der Waals surface area contributed by atoms with Crippen molar-refractivity contribution < 1.29 is 13.6 Å². The number of carbonyl (C=O) groups excluding carboxylic acids is 1. The molecule has 2 atom stereocenters. The number of likely N-dealkylation sites (tertiary alicyclic amines) is 1. The number of hydrogen-bond donors (Lipinski definition) is 1. The maximum absolute atomic E-state index is 17.2. The highest BCUT2D eigenvalue weighted by atomic mass is 35.5. The summed E-state index contributed by atoms with van der Waals surface area (Å²) in [7, 11) is 4.07. The Labute approximate surface area is 275 Å². The van der Waals surface area contributed by atoms with Crippen molar-refractivity contribution in [2.45, 2.75) is 51.2 Å². The molecule has 47 heavy (non-hydrogen) atoms. The van der Waals surface area contributed by atoms with Crippen LogP contribution in [0.4, 0.5) is 14.6 Å². The van der Waals surface area contributed by atoms with Crippen molar-refractivity contribution >= 4 is 56.0 Å². The summed E-state index contributed by atoms with van der Waals surface area (Å²) in [6.07, 6.45) is 4.29. The maximum Gasteiger partial charge on any atom is 0.282 e. The Kier molecular flexibility index (Phi) is 7.64. The lowest BCUT2D eigenvalue weighted by Crippen LogP contribution is -2.57. The van der Waals surface area contributed by atoms with E-state index in [9.17, 15) is 14.4 Å². The van der Waals surface area contributed by atoms with Crippen LogP contribution < -0.4 is 4.90 Å². The number of nitrogens with zero attached hydrogens (tertiary/aromatic N) is 8. The van der Waals surface area contributed by atoms with Crippen molar-refractivity contribution in [3.8, 4) is 17.2 Å². The smallest absolute Gasteiger partial charge is 0.282 e. The summed E-state index contributed by atoms with van der Waals surface area (Å²) in [5.41, 5.74) is 4.42. The molecule has 5 aromatic rings. The first-order chi connectivity index (χ1) is 22.5. The first-order valence-electron chi connectivity index (χ1n) is 15.6. The van der Waals surface area contributed by atoms with Gasteiger partial charge < -0.3 is 14.7 Å². The average molecular weight is 658 g/mol. The predicted molar refractivity (Wildman–Crippen MR) is 179 cm³/mol. The van der Waals surface area contributed by atoms with Crippen LogP contribution in [0.3, 0.4) is 0 Å². The van der Waals surface area contributed by atoms with Crippen molar-refractivity contribution in [1.82, 2.24) is 34.8 Å². The topological polar surface area (TPSA) is 110 Å². The lowest BCUT2D eigenvalue weighted by atomic mass is 9.92. The second kappa shape index (κ2) is 11.6. The van der Waals surface area contributed by atoms with Crippen LogP contribution in [0.2, 0.25) is 5.02 Å². The molecule has 0 unspecified atom stereocenters. The third-order valence-corrected chi connectivity index (χ3v) is 10.3. The zero-order valence-corrected chi connectivity index (χ0v) is 27.4. The molecule has 0 bridgehead atoms. The van der Waals surface area contributed by atoms with Crippen molar-refractivity contribution in [2.75, 3.05) is 38.6 Å². The average Bonchev–Trinajstić information content (AvgIpc) is 3.66. The highest BCUT2D eigenvalue weighted by molar-refractivity contribution is 6.35. The molecule has 3 aromatic heterocycles. The maximum atomic E-state index is 17.2. The zero-order valence-electron chi connectivity index (χ0n) is 26.6. The van der Waals surface area contributed by atoms with E-state index < -0.39 is 23.6 Å². The summed E-state index contributed by atoms with van der Waals surface area (Å²) in [6.45, 7) is 8.75. The Hall–Kier alpha value is -4.60. The number of fused-ring (bicyclic) bond motifs is 4. The first-order valence-corrected chi connectivity index (χ1v) is 15.9. The van der Waals surface area contributed by atoms with E-state index in [-0.39, 0.29) is 35.1 Å². The molecule has 1 amide bonds. The van der Waals surface area contributed by atoms with Crippen LogP contribution in [0.25, 0.3) is 43.8 Å². The van der Waals surface area contributed by atoms with E-state index in [4.69, 9.17) is 21.7 Å². The number of benzene rings is 2. The number of piperidine rings is 1. The number of halogens is 3. The minimum atomic E-state index is -1.05. The number of anilines is 1. The number of carbonyl (C=O) groups is 1. The molecule has 2 saturated heterocycles. The molecule has 1 N–H and O–H groups in total. The number of pyridine rings is 1. The van der Waals surface area contributed by atoms with E-state index in [0.717, 1.165) is 40.5 Å². The highest BCUT2D eigenvalue weighted by Gasteiger charge is 2.37. The Bertz CT molecular complexity index is 2140. The number of rotatable bonds is 6. The Morgan fingerprint density at radius 1 is 1.19 bits per heavy atom. The van der Waals surface area contributed by atoms with E-state index in [1.54, 1.807) is 18.5 Å². The fraction of sp³-hybridized carbons (Fsp3) is 0.382. The molecule has 0 spiro atoms. The molecule has 0 saturated carbocycles. The molecule has 2 aliphatic rings. The van der Waals surface area contributed by atoms with Crippen LogP contribution in [0.15, 0.2) is 36.9 Å². The van der Waals surface area contributed by atoms with Crippen molar-refractivity contribution in [1.29, 1.82) is 5.26 Å². The van der Waals surface area contributed by atoms with Gasteiger partial charge in [0, 0.05) is 53.6 Å². The van der Waals surface area contributed by atoms with E-state index in [1.165, 1.54) is 4.90 Å². The second-order valence-electron chi connectivity index (χ2n) is 12.9. The molecule has 10 nitrogen and oxygen atoms in total. The number of aromatic nitrogens is 5. The normalized spacial score (nSPS) is 18.8.